The number of hydrogen-bond donors (Lipinski definition) is 1. The van der Waals surface area contributed by atoms with Crippen LogP contribution in [0.5, 0.6) is 11.5 Å². The summed E-state index contributed by atoms with van der Waals surface area (Å²) in [6, 6.07) is 13.4. The maximum absolute atomic E-state index is 12.3. The lowest BCUT2D eigenvalue weighted by molar-refractivity contribution is -0.118. The first-order valence-corrected chi connectivity index (χ1v) is 9.31. The van der Waals surface area contributed by atoms with Crippen molar-refractivity contribution in [1.82, 2.24) is 5.32 Å². The van der Waals surface area contributed by atoms with Gasteiger partial charge in [0.05, 0.1) is 0 Å². The van der Waals surface area contributed by atoms with E-state index in [-0.39, 0.29) is 24.5 Å². The van der Waals surface area contributed by atoms with Crippen molar-refractivity contribution in [2.45, 2.75) is 13.3 Å². The average molecular weight is 378 g/mol. The van der Waals surface area contributed by atoms with Gasteiger partial charge in [0, 0.05) is 37.2 Å². The highest BCUT2D eigenvalue weighted by Crippen LogP contribution is 2.32. The topological polar surface area (TPSA) is 67.9 Å². The van der Waals surface area contributed by atoms with Gasteiger partial charge in [-0.3, -0.25) is 9.59 Å². The van der Waals surface area contributed by atoms with Crippen LogP contribution in [-0.2, 0) is 9.59 Å². The third-order valence-corrected chi connectivity index (χ3v) is 4.94. The summed E-state index contributed by atoms with van der Waals surface area (Å²) in [4.78, 5) is 26.2. The lowest BCUT2D eigenvalue weighted by Crippen LogP contribution is -2.30. The monoisotopic (exact) mass is 378 g/mol. The van der Waals surface area contributed by atoms with E-state index in [1.54, 1.807) is 11.0 Å². The normalized spacial score (nSPS) is 18.1. The van der Waals surface area contributed by atoms with Gasteiger partial charge >= 0.3 is 0 Å². The number of nitrogens with one attached hydrogen (secondary N) is 1. The van der Waals surface area contributed by atoms with Gasteiger partial charge in [-0.2, -0.15) is 0 Å². The van der Waals surface area contributed by atoms with Gasteiger partial charge < -0.3 is 19.7 Å². The highest BCUT2D eigenvalue weighted by Gasteiger charge is 2.30. The molecule has 1 atom stereocenters. The molecule has 0 saturated carbocycles. The zero-order chi connectivity index (χ0) is 19.5. The quantitative estimate of drug-likeness (QED) is 0.813. The van der Waals surface area contributed by atoms with Crippen LogP contribution in [0.2, 0.25) is 0 Å². The largest absolute Gasteiger partial charge is 0.454 e. The average Bonchev–Trinajstić information content (AvgIpc) is 3.31. The number of benzene rings is 2. The molecule has 0 aliphatic carbocycles. The molecule has 6 nitrogen and oxygen atoms in total. The molecule has 6 heteroatoms. The predicted molar refractivity (Wildman–Crippen MR) is 106 cm³/mol. The SMILES string of the molecule is Cc1ccc(N2CC(CNC(=O)/C=C\c3ccc4c(c3)OCO4)CC2=O)cc1. The van der Waals surface area contributed by atoms with E-state index in [4.69, 9.17) is 9.47 Å². The number of ether oxygens (including phenoxy) is 2. The number of fused-ring (bicyclic) bond motifs is 1. The Bertz CT molecular complexity index is 921. The van der Waals surface area contributed by atoms with E-state index in [2.05, 4.69) is 5.32 Å². The molecule has 0 aromatic heterocycles. The van der Waals surface area contributed by atoms with Crippen LogP contribution in [-0.4, -0.2) is 31.7 Å². The molecule has 1 fully saturated rings. The fourth-order valence-electron chi connectivity index (χ4n) is 3.39. The first-order valence-electron chi connectivity index (χ1n) is 9.31. The summed E-state index contributed by atoms with van der Waals surface area (Å²) in [5.74, 6) is 1.42. The van der Waals surface area contributed by atoms with Gasteiger partial charge in [0.1, 0.15) is 0 Å². The number of anilines is 1. The number of nitrogens with zero attached hydrogens (tertiary/aromatic N) is 1. The highest BCUT2D eigenvalue weighted by molar-refractivity contribution is 5.96. The summed E-state index contributed by atoms with van der Waals surface area (Å²) < 4.78 is 10.6. The Kier molecular flexibility index (Phi) is 5.02. The number of amides is 2. The summed E-state index contributed by atoms with van der Waals surface area (Å²) in [6.07, 6.45) is 3.67. The molecule has 0 bridgehead atoms. The van der Waals surface area contributed by atoms with Gasteiger partial charge in [0.15, 0.2) is 11.5 Å². The van der Waals surface area contributed by atoms with Gasteiger partial charge in [-0.15, -0.1) is 0 Å². The maximum Gasteiger partial charge on any atom is 0.244 e. The van der Waals surface area contributed by atoms with Gasteiger partial charge in [-0.25, -0.2) is 0 Å². The zero-order valence-corrected chi connectivity index (χ0v) is 15.7. The third kappa shape index (κ3) is 4.01. The molecule has 2 aliphatic rings. The van der Waals surface area contributed by atoms with E-state index in [1.165, 1.54) is 6.08 Å². The van der Waals surface area contributed by atoms with E-state index in [0.29, 0.717) is 31.0 Å². The number of rotatable bonds is 5. The Balaban J connectivity index is 1.29. The van der Waals surface area contributed by atoms with Crippen LogP contribution >= 0.6 is 0 Å². The zero-order valence-electron chi connectivity index (χ0n) is 15.7. The van der Waals surface area contributed by atoms with E-state index >= 15 is 0 Å². The maximum atomic E-state index is 12.3. The molecule has 2 amide bonds. The predicted octanol–water partition coefficient (Wildman–Crippen LogP) is 2.91. The second-order valence-electron chi connectivity index (χ2n) is 7.10. The molecule has 2 aromatic carbocycles. The molecular formula is C22H22N2O4. The lowest BCUT2D eigenvalue weighted by Gasteiger charge is -2.17. The van der Waals surface area contributed by atoms with Crippen LogP contribution in [0.25, 0.3) is 6.08 Å². The minimum atomic E-state index is -0.182. The Morgan fingerprint density at radius 2 is 1.96 bits per heavy atom. The number of hydrogen-bond acceptors (Lipinski definition) is 4. The van der Waals surface area contributed by atoms with Gasteiger partial charge in [-0.05, 0) is 42.8 Å². The van der Waals surface area contributed by atoms with Crippen LogP contribution in [0.3, 0.4) is 0 Å². The minimum absolute atomic E-state index is 0.0963. The molecule has 0 radical (unpaired) electrons. The van der Waals surface area contributed by atoms with Crippen LogP contribution in [0.4, 0.5) is 5.69 Å². The molecule has 2 aromatic rings. The Morgan fingerprint density at radius 3 is 2.79 bits per heavy atom. The van der Waals surface area contributed by atoms with Crippen molar-refractivity contribution in [2.75, 3.05) is 24.8 Å². The van der Waals surface area contributed by atoms with Crippen LogP contribution in [0, 0.1) is 12.8 Å². The van der Waals surface area contributed by atoms with Crippen LogP contribution in [0.15, 0.2) is 48.5 Å². The third-order valence-electron chi connectivity index (χ3n) is 4.94. The minimum Gasteiger partial charge on any atom is -0.454 e. The molecule has 2 heterocycles. The molecule has 1 saturated heterocycles. The summed E-state index contributed by atoms with van der Waals surface area (Å²) in [5, 5.41) is 2.89. The van der Waals surface area contributed by atoms with Crippen molar-refractivity contribution in [2.24, 2.45) is 5.92 Å². The standard InChI is InChI=1S/C22H22N2O4/c1-15-2-6-18(7-3-15)24-13-17(11-22(24)26)12-23-21(25)9-5-16-4-8-19-20(10-16)28-14-27-19/h2-10,17H,11-14H2,1H3,(H,23,25)/b9-5-. The summed E-state index contributed by atoms with van der Waals surface area (Å²) >= 11 is 0. The molecule has 0 spiro atoms. The number of carbonyl (C=O) groups is 2. The fourth-order valence-corrected chi connectivity index (χ4v) is 3.39. The van der Waals surface area contributed by atoms with Gasteiger partial charge in [0.25, 0.3) is 0 Å². The molecule has 1 N–H and O–H groups in total. The summed E-state index contributed by atoms with van der Waals surface area (Å²) in [6.45, 7) is 3.33. The van der Waals surface area contributed by atoms with Gasteiger partial charge in [-0.1, -0.05) is 23.8 Å². The van der Waals surface area contributed by atoms with Crippen molar-refractivity contribution in [1.29, 1.82) is 0 Å². The van der Waals surface area contributed by atoms with E-state index in [9.17, 15) is 9.59 Å². The van der Waals surface area contributed by atoms with Crippen molar-refractivity contribution in [3.05, 3.63) is 59.7 Å². The van der Waals surface area contributed by atoms with Crippen molar-refractivity contribution in [3.63, 3.8) is 0 Å². The van der Waals surface area contributed by atoms with Crippen molar-refractivity contribution >= 4 is 23.6 Å². The Labute approximate surface area is 163 Å². The molecule has 4 rings (SSSR count). The van der Waals surface area contributed by atoms with Crippen molar-refractivity contribution < 1.29 is 19.1 Å². The fraction of sp³-hybridized carbons (Fsp3) is 0.273. The second-order valence-corrected chi connectivity index (χ2v) is 7.10. The second kappa shape index (κ2) is 7.76. The van der Waals surface area contributed by atoms with Crippen LogP contribution in [0.1, 0.15) is 17.5 Å². The summed E-state index contributed by atoms with van der Waals surface area (Å²) in [7, 11) is 0. The van der Waals surface area contributed by atoms with Gasteiger partial charge in [0.2, 0.25) is 18.6 Å². The smallest absolute Gasteiger partial charge is 0.244 e. The number of aryl methyl sites for hydroxylation is 1. The van der Waals surface area contributed by atoms with Crippen molar-refractivity contribution in [3.8, 4) is 11.5 Å². The van der Waals surface area contributed by atoms with E-state index in [0.717, 1.165) is 16.8 Å². The molecule has 1 unspecified atom stereocenters. The molecule has 2 aliphatic heterocycles. The van der Waals surface area contributed by atoms with E-state index < -0.39 is 0 Å². The highest BCUT2D eigenvalue weighted by atomic mass is 16.7. The lowest BCUT2D eigenvalue weighted by atomic mass is 10.1. The summed E-state index contributed by atoms with van der Waals surface area (Å²) in [5.41, 5.74) is 2.93. The molecular weight excluding hydrogens is 356 g/mol. The Morgan fingerprint density at radius 1 is 1.18 bits per heavy atom. The molecule has 28 heavy (non-hydrogen) atoms. The molecule has 144 valence electrons. The first-order chi connectivity index (χ1) is 13.6. The van der Waals surface area contributed by atoms with Crippen LogP contribution < -0.4 is 19.7 Å². The number of carbonyl (C=O) groups excluding carboxylic acids is 2. The first kappa shape index (κ1) is 18.1. The Hall–Kier alpha value is -3.28. The van der Waals surface area contributed by atoms with E-state index in [1.807, 2.05) is 49.4 Å².